The average molecular weight is 313 g/mol. The number of hydrogen-bond acceptors (Lipinski definition) is 4. The molecule has 120 valence electrons. The highest BCUT2D eigenvalue weighted by molar-refractivity contribution is 5.91. The van der Waals surface area contributed by atoms with Crippen molar-refractivity contribution < 1.29 is 4.79 Å². The number of benzene rings is 1. The highest BCUT2D eigenvalue weighted by Gasteiger charge is 2.10. The van der Waals surface area contributed by atoms with Gasteiger partial charge in [0, 0.05) is 24.5 Å². The Labute approximate surface area is 134 Å². The van der Waals surface area contributed by atoms with Crippen LogP contribution < -0.4 is 5.32 Å². The summed E-state index contributed by atoms with van der Waals surface area (Å²) in [7, 11) is 0. The van der Waals surface area contributed by atoms with E-state index >= 15 is 0 Å². The topological polar surface area (TPSA) is 109 Å². The van der Waals surface area contributed by atoms with Crippen molar-refractivity contribution in [3.05, 3.63) is 57.7 Å². The predicted molar refractivity (Wildman–Crippen MR) is 85.6 cm³/mol. The Morgan fingerprint density at radius 3 is 3.09 bits per heavy atom. The normalized spacial score (nSPS) is 10.1. The van der Waals surface area contributed by atoms with Gasteiger partial charge in [-0.05, 0) is 30.9 Å². The van der Waals surface area contributed by atoms with Crippen molar-refractivity contribution in [2.75, 3.05) is 6.54 Å². The van der Waals surface area contributed by atoms with Crippen molar-refractivity contribution in [1.29, 1.82) is 0 Å². The van der Waals surface area contributed by atoms with Gasteiger partial charge >= 0.3 is 0 Å². The minimum Gasteiger partial charge on any atom is -0.347 e. The van der Waals surface area contributed by atoms with E-state index in [1.54, 1.807) is 10.9 Å². The van der Waals surface area contributed by atoms with Gasteiger partial charge in [-0.1, -0.05) is 40.2 Å². The zero-order chi connectivity index (χ0) is 16.5. The molecule has 0 bridgehead atoms. The molecule has 0 unspecified atom stereocenters. The zero-order valence-corrected chi connectivity index (χ0v) is 13.0. The van der Waals surface area contributed by atoms with Crippen LogP contribution in [0.5, 0.6) is 0 Å². The summed E-state index contributed by atoms with van der Waals surface area (Å²) >= 11 is 0. The first-order chi connectivity index (χ1) is 11.2. The molecule has 0 radical (unpaired) electrons. The van der Waals surface area contributed by atoms with E-state index in [2.05, 4.69) is 25.7 Å². The monoisotopic (exact) mass is 313 g/mol. The van der Waals surface area contributed by atoms with Crippen molar-refractivity contribution in [2.24, 2.45) is 5.11 Å². The molecule has 0 saturated carbocycles. The van der Waals surface area contributed by atoms with Crippen molar-refractivity contribution in [1.82, 2.24) is 20.3 Å². The van der Waals surface area contributed by atoms with Crippen molar-refractivity contribution in [3.63, 3.8) is 0 Å². The fourth-order valence-electron chi connectivity index (χ4n) is 2.11. The Kier molecular flexibility index (Phi) is 6.14. The number of azide groups is 1. The number of nitrogens with zero attached hydrogens (tertiary/aromatic N) is 6. The number of rotatable bonds is 8. The Balaban J connectivity index is 1.80. The van der Waals surface area contributed by atoms with Crippen molar-refractivity contribution in [2.45, 2.75) is 32.9 Å². The SMILES string of the molecule is Cc1cccc(CNC(=O)c2cn(CCCCN=[N+]=[N-])nn2)c1. The van der Waals surface area contributed by atoms with E-state index in [0.717, 1.165) is 24.0 Å². The van der Waals surface area contributed by atoms with Crippen LogP contribution >= 0.6 is 0 Å². The van der Waals surface area contributed by atoms with Gasteiger partial charge in [0.15, 0.2) is 5.69 Å². The number of carbonyl (C=O) groups excluding carboxylic acids is 1. The number of aromatic nitrogens is 3. The number of aryl methyl sites for hydroxylation is 2. The average Bonchev–Trinajstić information content (AvgIpc) is 3.01. The molecule has 1 aromatic heterocycles. The molecule has 0 aliphatic carbocycles. The van der Waals surface area contributed by atoms with Crippen LogP contribution in [-0.4, -0.2) is 27.4 Å². The van der Waals surface area contributed by atoms with Gasteiger partial charge in [-0.15, -0.1) is 5.10 Å². The second kappa shape index (κ2) is 8.55. The Bertz CT molecular complexity index is 703. The summed E-state index contributed by atoms with van der Waals surface area (Å²) in [5.74, 6) is -0.244. The molecule has 8 nitrogen and oxygen atoms in total. The third-order valence-electron chi connectivity index (χ3n) is 3.27. The zero-order valence-electron chi connectivity index (χ0n) is 13.0. The first-order valence-electron chi connectivity index (χ1n) is 7.44. The first-order valence-corrected chi connectivity index (χ1v) is 7.44. The maximum Gasteiger partial charge on any atom is 0.273 e. The molecule has 23 heavy (non-hydrogen) atoms. The van der Waals surface area contributed by atoms with Gasteiger partial charge in [-0.3, -0.25) is 9.48 Å². The molecule has 0 atom stereocenters. The summed E-state index contributed by atoms with van der Waals surface area (Å²) in [6.07, 6.45) is 3.21. The minimum atomic E-state index is -0.244. The minimum absolute atomic E-state index is 0.244. The fraction of sp³-hybridized carbons (Fsp3) is 0.400. The summed E-state index contributed by atoms with van der Waals surface area (Å²) < 4.78 is 1.62. The lowest BCUT2D eigenvalue weighted by Crippen LogP contribution is -2.23. The number of amides is 1. The van der Waals surface area contributed by atoms with Crippen LogP contribution in [-0.2, 0) is 13.1 Å². The molecule has 1 amide bonds. The number of nitrogens with one attached hydrogen (secondary N) is 1. The lowest BCUT2D eigenvalue weighted by atomic mass is 10.1. The standard InChI is InChI=1S/C15H19N7O/c1-12-5-4-6-13(9-12)10-17-15(23)14-11-22(21-19-14)8-3-2-7-18-20-16/h4-6,9,11H,2-3,7-8,10H2,1H3,(H,17,23). The lowest BCUT2D eigenvalue weighted by molar-refractivity contribution is 0.0946. The van der Waals surface area contributed by atoms with E-state index in [9.17, 15) is 4.79 Å². The van der Waals surface area contributed by atoms with Crippen LogP contribution in [0.15, 0.2) is 35.6 Å². The van der Waals surface area contributed by atoms with Gasteiger partial charge in [0.1, 0.15) is 0 Å². The molecule has 8 heteroatoms. The first kappa shape index (κ1) is 16.5. The molecular formula is C15H19N7O. The van der Waals surface area contributed by atoms with Crippen molar-refractivity contribution in [3.8, 4) is 0 Å². The van der Waals surface area contributed by atoms with Gasteiger partial charge in [0.05, 0.1) is 6.20 Å². The second-order valence-electron chi connectivity index (χ2n) is 5.20. The molecular weight excluding hydrogens is 294 g/mol. The van der Waals surface area contributed by atoms with E-state index in [1.807, 2.05) is 31.2 Å². The molecule has 0 fully saturated rings. The number of unbranched alkanes of at least 4 members (excludes halogenated alkanes) is 1. The molecule has 0 saturated heterocycles. The Morgan fingerprint density at radius 1 is 1.43 bits per heavy atom. The maximum atomic E-state index is 12.0. The van der Waals surface area contributed by atoms with Gasteiger partial charge in [0.25, 0.3) is 5.91 Å². The van der Waals surface area contributed by atoms with Crippen LogP contribution in [0.2, 0.25) is 0 Å². The highest BCUT2D eigenvalue weighted by Crippen LogP contribution is 2.04. The summed E-state index contributed by atoms with van der Waals surface area (Å²) in [6, 6.07) is 7.97. The Hall–Kier alpha value is -2.86. The van der Waals surface area contributed by atoms with Crippen LogP contribution in [0.3, 0.4) is 0 Å². The van der Waals surface area contributed by atoms with Gasteiger partial charge < -0.3 is 5.32 Å². The molecule has 1 N–H and O–H groups in total. The fourth-order valence-corrected chi connectivity index (χ4v) is 2.11. The Morgan fingerprint density at radius 2 is 2.30 bits per heavy atom. The van der Waals surface area contributed by atoms with Crippen LogP contribution in [0.1, 0.15) is 34.5 Å². The lowest BCUT2D eigenvalue weighted by Gasteiger charge is -2.04. The molecule has 1 aromatic carbocycles. The van der Waals surface area contributed by atoms with E-state index < -0.39 is 0 Å². The van der Waals surface area contributed by atoms with E-state index in [4.69, 9.17) is 5.53 Å². The van der Waals surface area contributed by atoms with Crippen LogP contribution in [0, 0.1) is 6.92 Å². The molecule has 0 spiro atoms. The smallest absolute Gasteiger partial charge is 0.273 e. The third kappa shape index (κ3) is 5.44. The molecule has 2 aromatic rings. The molecule has 1 heterocycles. The van der Waals surface area contributed by atoms with E-state index in [-0.39, 0.29) is 5.91 Å². The van der Waals surface area contributed by atoms with Gasteiger partial charge in [-0.25, -0.2) is 0 Å². The van der Waals surface area contributed by atoms with E-state index in [1.165, 1.54) is 0 Å². The molecule has 0 aliphatic heterocycles. The van der Waals surface area contributed by atoms with E-state index in [0.29, 0.717) is 25.3 Å². The number of carbonyl (C=O) groups is 1. The second-order valence-corrected chi connectivity index (χ2v) is 5.20. The third-order valence-corrected chi connectivity index (χ3v) is 3.27. The quantitative estimate of drug-likeness (QED) is 0.350. The predicted octanol–water partition coefficient (Wildman–Crippen LogP) is 2.61. The van der Waals surface area contributed by atoms with Gasteiger partial charge in [0.2, 0.25) is 0 Å². The summed E-state index contributed by atoms with van der Waals surface area (Å²) in [4.78, 5) is 14.7. The van der Waals surface area contributed by atoms with Crippen molar-refractivity contribution >= 4 is 5.91 Å². The van der Waals surface area contributed by atoms with Gasteiger partial charge in [-0.2, -0.15) is 0 Å². The maximum absolute atomic E-state index is 12.0. The molecule has 2 rings (SSSR count). The summed E-state index contributed by atoms with van der Waals surface area (Å²) in [5.41, 5.74) is 10.7. The summed E-state index contributed by atoms with van der Waals surface area (Å²) in [6.45, 7) is 3.58. The summed E-state index contributed by atoms with van der Waals surface area (Å²) in [5, 5.41) is 14.1. The molecule has 0 aliphatic rings. The van der Waals surface area contributed by atoms with Crippen LogP contribution in [0.25, 0.3) is 10.4 Å². The largest absolute Gasteiger partial charge is 0.347 e. The number of hydrogen-bond donors (Lipinski definition) is 1. The van der Waals surface area contributed by atoms with Crippen LogP contribution in [0.4, 0.5) is 0 Å². The highest BCUT2D eigenvalue weighted by atomic mass is 16.2.